The molecule has 1 aromatic carbocycles. The van der Waals surface area contributed by atoms with Crippen molar-refractivity contribution in [3.8, 4) is 0 Å². The monoisotopic (exact) mass is 401 g/mol. The van der Waals surface area contributed by atoms with Gasteiger partial charge in [0.05, 0.1) is 5.56 Å². The number of carbonyl (C=O) groups is 1. The Morgan fingerprint density at radius 2 is 1.93 bits per heavy atom. The zero-order valence-corrected chi connectivity index (χ0v) is 17.4. The molecule has 3 N–H and O–H groups in total. The lowest BCUT2D eigenvalue weighted by molar-refractivity contribution is 0.0706. The summed E-state index contributed by atoms with van der Waals surface area (Å²) in [7, 11) is 0. The van der Waals surface area contributed by atoms with E-state index in [-0.39, 0.29) is 17.6 Å². The van der Waals surface area contributed by atoms with Gasteiger partial charge in [0.1, 0.15) is 5.82 Å². The number of carbonyl (C=O) groups excluding carboxylic acids is 1. The number of nitrogen functional groups attached to an aromatic ring is 1. The summed E-state index contributed by atoms with van der Waals surface area (Å²) in [4.78, 5) is 23.7. The smallest absolute Gasteiger partial charge is 0.257 e. The van der Waals surface area contributed by atoms with Crippen LogP contribution in [0.25, 0.3) is 0 Å². The summed E-state index contributed by atoms with van der Waals surface area (Å²) in [5.41, 5.74) is 11.7. The molecule has 0 radical (unpaired) electrons. The number of anilines is 3. The molecule has 0 spiro atoms. The number of nitrogens with two attached hydrogens (primary N) is 1. The Balaban J connectivity index is 1.53. The summed E-state index contributed by atoms with van der Waals surface area (Å²) >= 11 is 0. The number of nitrogens with one attached hydrogen (secondary N) is 1. The summed E-state index contributed by atoms with van der Waals surface area (Å²) in [5.74, 6) is 0.415. The zero-order valence-electron chi connectivity index (χ0n) is 17.4. The van der Waals surface area contributed by atoms with Gasteiger partial charge >= 0.3 is 0 Å². The van der Waals surface area contributed by atoms with Crippen molar-refractivity contribution in [2.75, 3.05) is 24.1 Å². The lowest BCUT2D eigenvalue weighted by Gasteiger charge is -2.33. The molecule has 1 saturated heterocycles. The number of hydrogen-bond acceptors (Lipinski definition) is 5. The fraction of sp³-hybridized carbons (Fsp3) is 0.292. The largest absolute Gasteiger partial charge is 0.383 e. The van der Waals surface area contributed by atoms with Gasteiger partial charge < -0.3 is 16.0 Å². The summed E-state index contributed by atoms with van der Waals surface area (Å²) in [6.07, 6.45) is 3.55. The van der Waals surface area contributed by atoms with Gasteiger partial charge in [0.15, 0.2) is 0 Å². The molecular weight excluding hydrogens is 374 g/mol. The van der Waals surface area contributed by atoms with Gasteiger partial charge in [-0.2, -0.15) is 0 Å². The Kier molecular flexibility index (Phi) is 5.65. The molecule has 0 saturated carbocycles. The molecular formula is C24H27N5O. The second-order valence-corrected chi connectivity index (χ2v) is 7.94. The molecule has 1 unspecified atom stereocenters. The van der Waals surface area contributed by atoms with Crippen LogP contribution >= 0.6 is 0 Å². The molecule has 0 bridgehead atoms. The topological polar surface area (TPSA) is 84.1 Å². The first-order chi connectivity index (χ1) is 14.5. The van der Waals surface area contributed by atoms with Gasteiger partial charge in [-0.05, 0) is 63.1 Å². The Hall–Kier alpha value is -3.41. The second kappa shape index (κ2) is 8.53. The van der Waals surface area contributed by atoms with Crippen LogP contribution in [0.15, 0.2) is 54.7 Å². The third-order valence-electron chi connectivity index (χ3n) is 5.51. The number of piperidine rings is 1. The summed E-state index contributed by atoms with van der Waals surface area (Å²) in [5, 5.41) is 3.47. The summed E-state index contributed by atoms with van der Waals surface area (Å²) in [6.45, 7) is 5.44. The Morgan fingerprint density at radius 3 is 2.70 bits per heavy atom. The number of aryl methyl sites for hydroxylation is 2. The number of amides is 1. The van der Waals surface area contributed by atoms with E-state index in [0.717, 1.165) is 42.1 Å². The van der Waals surface area contributed by atoms with E-state index in [1.165, 1.54) is 5.56 Å². The Morgan fingerprint density at radius 1 is 1.13 bits per heavy atom. The van der Waals surface area contributed by atoms with E-state index in [9.17, 15) is 4.79 Å². The average molecular weight is 402 g/mol. The van der Waals surface area contributed by atoms with E-state index < -0.39 is 0 Å². The average Bonchev–Trinajstić information content (AvgIpc) is 2.75. The first-order valence-corrected chi connectivity index (χ1v) is 10.3. The maximum Gasteiger partial charge on any atom is 0.257 e. The van der Waals surface area contributed by atoms with Gasteiger partial charge in [-0.15, -0.1) is 0 Å². The first-order valence-electron chi connectivity index (χ1n) is 10.3. The van der Waals surface area contributed by atoms with Crippen molar-refractivity contribution >= 4 is 23.1 Å². The van der Waals surface area contributed by atoms with Gasteiger partial charge in [-0.3, -0.25) is 9.78 Å². The molecule has 1 aliphatic heterocycles. The van der Waals surface area contributed by atoms with Crippen LogP contribution in [0.1, 0.15) is 46.1 Å². The van der Waals surface area contributed by atoms with Crippen molar-refractivity contribution in [3.63, 3.8) is 0 Å². The molecule has 4 rings (SSSR count). The van der Waals surface area contributed by atoms with Crippen molar-refractivity contribution in [1.82, 2.24) is 14.9 Å². The fourth-order valence-electron chi connectivity index (χ4n) is 3.95. The second-order valence-electron chi connectivity index (χ2n) is 7.94. The molecule has 3 heterocycles. The Labute approximate surface area is 177 Å². The van der Waals surface area contributed by atoms with Crippen molar-refractivity contribution in [1.29, 1.82) is 0 Å². The molecule has 154 valence electrons. The predicted octanol–water partition coefficient (Wildman–Crippen LogP) is 4.44. The van der Waals surface area contributed by atoms with Gasteiger partial charge in [0.2, 0.25) is 0 Å². The molecule has 1 atom stereocenters. The molecule has 6 heteroatoms. The van der Waals surface area contributed by atoms with Gasteiger partial charge in [-0.25, -0.2) is 4.98 Å². The van der Waals surface area contributed by atoms with Gasteiger partial charge in [0, 0.05) is 48.0 Å². The van der Waals surface area contributed by atoms with E-state index in [2.05, 4.69) is 47.6 Å². The molecule has 3 aromatic rings. The van der Waals surface area contributed by atoms with E-state index >= 15 is 0 Å². The third-order valence-corrected chi connectivity index (χ3v) is 5.51. The summed E-state index contributed by atoms with van der Waals surface area (Å²) < 4.78 is 0. The summed E-state index contributed by atoms with van der Waals surface area (Å²) in [6, 6.07) is 16.0. The van der Waals surface area contributed by atoms with Crippen molar-refractivity contribution < 1.29 is 4.79 Å². The minimum Gasteiger partial charge on any atom is -0.383 e. The molecule has 1 amide bonds. The maximum atomic E-state index is 13.0. The van der Waals surface area contributed by atoms with Crippen LogP contribution in [0.2, 0.25) is 0 Å². The van der Waals surface area contributed by atoms with Crippen LogP contribution in [0.4, 0.5) is 17.2 Å². The number of hydrogen-bond donors (Lipinski definition) is 2. The highest BCUT2D eigenvalue weighted by molar-refractivity contribution is 5.98. The van der Waals surface area contributed by atoms with Crippen LogP contribution in [-0.2, 0) is 0 Å². The SMILES string of the molecule is Cc1ccc(Nc2cc(C)nc(C3CCCN(C(=O)c4cccnc4N)C3)c2)cc1. The van der Waals surface area contributed by atoms with Gasteiger partial charge in [-0.1, -0.05) is 17.7 Å². The molecule has 2 aromatic heterocycles. The highest BCUT2D eigenvalue weighted by Gasteiger charge is 2.27. The lowest BCUT2D eigenvalue weighted by atomic mass is 9.93. The van der Waals surface area contributed by atoms with E-state index in [0.29, 0.717) is 12.1 Å². The van der Waals surface area contributed by atoms with E-state index in [1.807, 2.05) is 17.9 Å². The van der Waals surface area contributed by atoms with Crippen molar-refractivity contribution in [3.05, 3.63) is 77.2 Å². The van der Waals surface area contributed by atoms with Crippen LogP contribution in [0.3, 0.4) is 0 Å². The van der Waals surface area contributed by atoms with E-state index in [4.69, 9.17) is 10.7 Å². The van der Waals surface area contributed by atoms with Crippen molar-refractivity contribution in [2.24, 2.45) is 0 Å². The molecule has 1 aliphatic rings. The number of likely N-dealkylation sites (tertiary alicyclic amines) is 1. The first kappa shape index (κ1) is 19.9. The minimum atomic E-state index is -0.0593. The highest BCUT2D eigenvalue weighted by Crippen LogP contribution is 2.30. The molecule has 0 aliphatic carbocycles. The zero-order chi connectivity index (χ0) is 21.1. The molecule has 30 heavy (non-hydrogen) atoms. The van der Waals surface area contributed by atoms with E-state index in [1.54, 1.807) is 18.3 Å². The van der Waals surface area contributed by atoms with Crippen LogP contribution < -0.4 is 11.1 Å². The lowest BCUT2D eigenvalue weighted by Crippen LogP contribution is -2.39. The normalized spacial score (nSPS) is 16.3. The number of aromatic nitrogens is 2. The highest BCUT2D eigenvalue weighted by atomic mass is 16.2. The van der Waals surface area contributed by atoms with Crippen LogP contribution in [-0.4, -0.2) is 33.9 Å². The molecule has 6 nitrogen and oxygen atoms in total. The fourth-order valence-corrected chi connectivity index (χ4v) is 3.95. The minimum absolute atomic E-state index is 0.0593. The van der Waals surface area contributed by atoms with Crippen LogP contribution in [0.5, 0.6) is 0 Å². The number of nitrogens with zero attached hydrogens (tertiary/aromatic N) is 3. The number of benzene rings is 1. The maximum absolute atomic E-state index is 13.0. The molecule has 1 fully saturated rings. The third kappa shape index (κ3) is 4.43. The van der Waals surface area contributed by atoms with Gasteiger partial charge in [0.25, 0.3) is 5.91 Å². The predicted molar refractivity (Wildman–Crippen MR) is 120 cm³/mol. The van der Waals surface area contributed by atoms with Crippen molar-refractivity contribution in [2.45, 2.75) is 32.6 Å². The number of pyridine rings is 2. The number of rotatable bonds is 4. The Bertz CT molecular complexity index is 1050. The standard InChI is InChI=1S/C24H27N5O/c1-16-7-9-19(10-8-16)28-20-13-17(2)27-22(14-20)18-5-4-12-29(15-18)24(30)21-6-3-11-26-23(21)25/h3,6-11,13-14,18H,4-5,12,15H2,1-2H3,(H2,25,26)(H,27,28). The quantitative estimate of drug-likeness (QED) is 0.675. The van der Waals surface area contributed by atoms with Crippen LogP contribution in [0, 0.1) is 13.8 Å².